The van der Waals surface area contributed by atoms with E-state index in [1.807, 2.05) is 0 Å². The summed E-state index contributed by atoms with van der Waals surface area (Å²) in [6.45, 7) is 10.9. The minimum absolute atomic E-state index is 0.258. The Morgan fingerprint density at radius 3 is 2.69 bits per heavy atom. The number of amidine groups is 1. The Hall–Kier alpha value is -0.570. The van der Waals surface area contributed by atoms with Crippen LogP contribution in [0.25, 0.3) is 0 Å². The predicted octanol–water partition coefficient (Wildman–Crippen LogP) is 0.381. The summed E-state index contributed by atoms with van der Waals surface area (Å²) in [5, 5.41) is 8.91. The van der Waals surface area contributed by atoms with Crippen LogP contribution >= 0.6 is 0 Å². The molecule has 76 valence electrons. The molecule has 0 aromatic rings. The molecule has 3 nitrogen and oxygen atoms in total. The lowest BCUT2D eigenvalue weighted by atomic mass is 10.2. The van der Waals surface area contributed by atoms with Gasteiger partial charge in [0.1, 0.15) is 19.6 Å². The molecule has 1 aliphatic heterocycles. The van der Waals surface area contributed by atoms with Crippen molar-refractivity contribution in [3.63, 3.8) is 0 Å². The summed E-state index contributed by atoms with van der Waals surface area (Å²) >= 11 is 0. The number of β-amino-alcohol motifs (C(OH)–C–C–N with tert-alkyl or cyclic N) is 1. The molecule has 1 N–H and O–H groups in total. The van der Waals surface area contributed by atoms with Crippen molar-refractivity contribution in [1.29, 1.82) is 0 Å². The van der Waals surface area contributed by atoms with Crippen LogP contribution in [0.4, 0.5) is 0 Å². The van der Waals surface area contributed by atoms with Gasteiger partial charge in [0.2, 0.25) is 5.84 Å². The third kappa shape index (κ3) is 2.21. The van der Waals surface area contributed by atoms with Crippen molar-refractivity contribution in [1.82, 2.24) is 4.90 Å². The number of nitrogens with zero attached hydrogens (tertiary/aromatic N) is 2. The van der Waals surface area contributed by atoms with Crippen LogP contribution in [-0.2, 0) is 0 Å². The van der Waals surface area contributed by atoms with Crippen molar-refractivity contribution >= 4 is 5.84 Å². The Morgan fingerprint density at radius 1 is 1.54 bits per heavy atom. The van der Waals surface area contributed by atoms with Crippen LogP contribution in [0.1, 0.15) is 20.8 Å². The van der Waals surface area contributed by atoms with Crippen molar-refractivity contribution in [3.8, 4) is 0 Å². The minimum atomic E-state index is 0.258. The normalized spacial score (nSPS) is 17.8. The van der Waals surface area contributed by atoms with Crippen LogP contribution in [0.15, 0.2) is 0 Å². The molecule has 0 aromatic heterocycles. The van der Waals surface area contributed by atoms with Crippen LogP contribution < -0.4 is 0 Å². The van der Waals surface area contributed by atoms with Crippen molar-refractivity contribution in [3.05, 3.63) is 0 Å². The first-order valence-corrected chi connectivity index (χ1v) is 5.18. The van der Waals surface area contributed by atoms with Gasteiger partial charge in [-0.25, -0.2) is 0 Å². The van der Waals surface area contributed by atoms with E-state index in [-0.39, 0.29) is 6.61 Å². The lowest BCUT2D eigenvalue weighted by Crippen LogP contribution is -2.35. The number of hydrogen-bond donors (Lipinski definition) is 1. The van der Waals surface area contributed by atoms with Gasteiger partial charge in [0, 0.05) is 0 Å². The third-order valence-electron chi connectivity index (χ3n) is 2.56. The Morgan fingerprint density at radius 2 is 2.23 bits per heavy atom. The molecule has 0 saturated carbocycles. The summed E-state index contributed by atoms with van der Waals surface area (Å²) in [4.78, 5) is 2.30. The van der Waals surface area contributed by atoms with Crippen LogP contribution in [0.3, 0.4) is 0 Å². The minimum Gasteiger partial charge on any atom is -0.392 e. The SMILES string of the molecule is CC[N+]1=C(C(C)C)N(CCO)CC1. The maximum absolute atomic E-state index is 8.91. The summed E-state index contributed by atoms with van der Waals surface area (Å²) < 4.78 is 2.40. The summed E-state index contributed by atoms with van der Waals surface area (Å²) in [7, 11) is 0. The largest absolute Gasteiger partial charge is 0.392 e. The zero-order chi connectivity index (χ0) is 9.84. The van der Waals surface area contributed by atoms with E-state index in [1.165, 1.54) is 5.84 Å². The molecule has 1 aliphatic rings. The Bertz CT molecular complexity index is 199. The first kappa shape index (κ1) is 10.5. The third-order valence-corrected chi connectivity index (χ3v) is 2.56. The number of hydrogen-bond acceptors (Lipinski definition) is 2. The molecule has 0 radical (unpaired) electrons. The van der Waals surface area contributed by atoms with Gasteiger partial charge < -0.3 is 5.11 Å². The van der Waals surface area contributed by atoms with Crippen LogP contribution in [0.2, 0.25) is 0 Å². The van der Waals surface area contributed by atoms with Crippen molar-refractivity contribution in [2.75, 3.05) is 32.8 Å². The van der Waals surface area contributed by atoms with Gasteiger partial charge in [-0.3, -0.25) is 9.48 Å². The highest BCUT2D eigenvalue weighted by Gasteiger charge is 2.30. The van der Waals surface area contributed by atoms with Crippen LogP contribution in [0, 0.1) is 5.92 Å². The molecule has 1 heterocycles. The first-order chi connectivity index (χ1) is 6.20. The van der Waals surface area contributed by atoms with Gasteiger partial charge in [-0.05, 0) is 6.92 Å². The van der Waals surface area contributed by atoms with Gasteiger partial charge in [0.25, 0.3) is 0 Å². The summed E-state index contributed by atoms with van der Waals surface area (Å²) in [6.07, 6.45) is 0. The van der Waals surface area contributed by atoms with E-state index in [0.717, 1.165) is 26.2 Å². The standard InChI is InChI=1S/C10H21N2O/c1-4-11-5-6-12(7-8-13)10(11)9(2)3/h9,13H,4-8H2,1-3H3/q+1. The van der Waals surface area contributed by atoms with Crippen molar-refractivity contribution in [2.45, 2.75) is 20.8 Å². The molecule has 0 bridgehead atoms. The fraction of sp³-hybridized carbons (Fsp3) is 0.900. The highest BCUT2D eigenvalue weighted by molar-refractivity contribution is 5.80. The fourth-order valence-corrected chi connectivity index (χ4v) is 2.07. The van der Waals surface area contributed by atoms with E-state index in [0.29, 0.717) is 5.92 Å². The topological polar surface area (TPSA) is 26.5 Å². The first-order valence-electron chi connectivity index (χ1n) is 5.18. The zero-order valence-corrected chi connectivity index (χ0v) is 8.95. The van der Waals surface area contributed by atoms with Crippen LogP contribution in [-0.4, -0.2) is 53.2 Å². The van der Waals surface area contributed by atoms with Crippen molar-refractivity contribution < 1.29 is 9.68 Å². The zero-order valence-electron chi connectivity index (χ0n) is 8.95. The monoisotopic (exact) mass is 185 g/mol. The molecule has 0 fully saturated rings. The summed E-state index contributed by atoms with van der Waals surface area (Å²) in [5.41, 5.74) is 0. The lowest BCUT2D eigenvalue weighted by Gasteiger charge is -2.14. The van der Waals surface area contributed by atoms with Gasteiger partial charge in [-0.1, -0.05) is 13.8 Å². The number of aliphatic hydroxyl groups is 1. The van der Waals surface area contributed by atoms with Crippen molar-refractivity contribution in [2.24, 2.45) is 5.92 Å². The molecular weight excluding hydrogens is 164 g/mol. The molecule has 1 rings (SSSR count). The molecular formula is C10H21N2O+. The average molecular weight is 185 g/mol. The Labute approximate surface area is 80.7 Å². The van der Waals surface area contributed by atoms with Gasteiger partial charge in [0.15, 0.2) is 0 Å². The molecule has 13 heavy (non-hydrogen) atoms. The Kier molecular flexibility index (Phi) is 3.72. The molecule has 0 spiro atoms. The maximum Gasteiger partial charge on any atom is 0.249 e. The highest BCUT2D eigenvalue weighted by atomic mass is 16.3. The van der Waals surface area contributed by atoms with E-state index in [1.54, 1.807) is 0 Å². The average Bonchev–Trinajstić information content (AvgIpc) is 2.48. The van der Waals surface area contributed by atoms with E-state index >= 15 is 0 Å². The summed E-state index contributed by atoms with van der Waals surface area (Å²) in [5.74, 6) is 1.96. The number of rotatable bonds is 4. The van der Waals surface area contributed by atoms with Gasteiger partial charge in [-0.15, -0.1) is 0 Å². The number of aliphatic hydroxyl groups excluding tert-OH is 1. The van der Waals surface area contributed by atoms with E-state index in [9.17, 15) is 0 Å². The number of likely N-dealkylation sites (N-methyl/N-ethyl adjacent to an activating group) is 1. The van der Waals surface area contributed by atoms with E-state index in [4.69, 9.17) is 5.11 Å². The molecule has 0 aliphatic carbocycles. The van der Waals surface area contributed by atoms with Gasteiger partial charge >= 0.3 is 0 Å². The second kappa shape index (κ2) is 4.61. The lowest BCUT2D eigenvalue weighted by molar-refractivity contribution is -0.516. The molecule has 0 aromatic carbocycles. The molecule has 0 saturated heterocycles. The predicted molar refractivity (Wildman–Crippen MR) is 54.2 cm³/mol. The molecule has 3 heteroatoms. The molecule has 0 unspecified atom stereocenters. The molecule has 0 amide bonds. The molecule has 0 atom stereocenters. The quantitative estimate of drug-likeness (QED) is 0.641. The maximum atomic E-state index is 8.91. The summed E-state index contributed by atoms with van der Waals surface area (Å²) in [6, 6.07) is 0. The second-order valence-electron chi connectivity index (χ2n) is 3.80. The van der Waals surface area contributed by atoms with E-state index in [2.05, 4.69) is 30.2 Å². The highest BCUT2D eigenvalue weighted by Crippen LogP contribution is 2.09. The second-order valence-corrected chi connectivity index (χ2v) is 3.80. The van der Waals surface area contributed by atoms with Gasteiger partial charge in [-0.2, -0.15) is 0 Å². The van der Waals surface area contributed by atoms with Gasteiger partial charge in [0.05, 0.1) is 19.1 Å². The Balaban J connectivity index is 2.74. The fourth-order valence-electron chi connectivity index (χ4n) is 2.07. The smallest absolute Gasteiger partial charge is 0.249 e. The van der Waals surface area contributed by atoms with Crippen LogP contribution in [0.5, 0.6) is 0 Å². The van der Waals surface area contributed by atoms with E-state index < -0.39 is 0 Å².